The fraction of sp³-hybridized carbons (Fsp3) is 0.438. The number of anilines is 1. The van der Waals surface area contributed by atoms with E-state index in [4.69, 9.17) is 4.98 Å². The monoisotopic (exact) mass is 255 g/mol. The molecule has 19 heavy (non-hydrogen) atoms. The predicted molar refractivity (Wildman–Crippen MR) is 79.5 cm³/mol. The van der Waals surface area contributed by atoms with Gasteiger partial charge >= 0.3 is 0 Å². The molecule has 0 radical (unpaired) electrons. The van der Waals surface area contributed by atoms with Crippen LogP contribution in [0.2, 0.25) is 0 Å². The van der Waals surface area contributed by atoms with E-state index in [9.17, 15) is 0 Å². The van der Waals surface area contributed by atoms with Crippen molar-refractivity contribution in [2.75, 3.05) is 5.32 Å². The summed E-state index contributed by atoms with van der Waals surface area (Å²) in [7, 11) is 0. The maximum absolute atomic E-state index is 4.74. The van der Waals surface area contributed by atoms with Crippen LogP contribution in [-0.4, -0.2) is 15.6 Å². The Morgan fingerprint density at radius 2 is 2.00 bits per heavy atom. The maximum Gasteiger partial charge on any atom is 0.203 e. The number of fused-ring (bicyclic) bond motifs is 1. The second-order valence-electron chi connectivity index (χ2n) is 5.79. The SMILES string of the molecule is Cc1ccc(-c2cn3c(n2)NC(C)CC3C)cc1C. The van der Waals surface area contributed by atoms with Crippen LogP contribution in [0, 0.1) is 13.8 Å². The van der Waals surface area contributed by atoms with Gasteiger partial charge in [0.15, 0.2) is 0 Å². The highest BCUT2D eigenvalue weighted by atomic mass is 15.2. The Morgan fingerprint density at radius 1 is 1.21 bits per heavy atom. The molecule has 3 heteroatoms. The first-order valence-corrected chi connectivity index (χ1v) is 6.97. The van der Waals surface area contributed by atoms with Crippen molar-refractivity contribution in [3.8, 4) is 11.3 Å². The highest BCUT2D eigenvalue weighted by molar-refractivity contribution is 5.62. The van der Waals surface area contributed by atoms with E-state index >= 15 is 0 Å². The number of hydrogen-bond acceptors (Lipinski definition) is 2. The quantitative estimate of drug-likeness (QED) is 0.836. The van der Waals surface area contributed by atoms with Crippen LogP contribution < -0.4 is 5.32 Å². The number of aryl methyl sites for hydroxylation is 2. The maximum atomic E-state index is 4.74. The number of hydrogen-bond donors (Lipinski definition) is 1. The van der Waals surface area contributed by atoms with E-state index in [-0.39, 0.29) is 0 Å². The smallest absolute Gasteiger partial charge is 0.203 e. The van der Waals surface area contributed by atoms with Crippen molar-refractivity contribution in [2.45, 2.75) is 46.2 Å². The Balaban J connectivity index is 2.03. The lowest BCUT2D eigenvalue weighted by molar-refractivity contribution is 0.449. The van der Waals surface area contributed by atoms with E-state index in [1.165, 1.54) is 16.7 Å². The lowest BCUT2D eigenvalue weighted by Gasteiger charge is -2.27. The summed E-state index contributed by atoms with van der Waals surface area (Å²) in [5.74, 6) is 1.000. The summed E-state index contributed by atoms with van der Waals surface area (Å²) in [5, 5.41) is 3.46. The topological polar surface area (TPSA) is 29.9 Å². The fourth-order valence-corrected chi connectivity index (χ4v) is 2.78. The van der Waals surface area contributed by atoms with Gasteiger partial charge < -0.3 is 9.88 Å². The molecule has 1 aromatic heterocycles. The first-order valence-electron chi connectivity index (χ1n) is 6.97. The first kappa shape index (κ1) is 12.3. The number of nitrogens with zero attached hydrogens (tertiary/aromatic N) is 2. The van der Waals surface area contributed by atoms with E-state index in [1.807, 2.05) is 0 Å². The van der Waals surface area contributed by atoms with Crippen LogP contribution in [0.25, 0.3) is 11.3 Å². The zero-order valence-electron chi connectivity index (χ0n) is 12.1. The molecule has 1 aromatic carbocycles. The van der Waals surface area contributed by atoms with Gasteiger partial charge in [0.2, 0.25) is 5.95 Å². The van der Waals surface area contributed by atoms with Crippen LogP contribution in [0.4, 0.5) is 5.95 Å². The molecule has 3 nitrogen and oxygen atoms in total. The summed E-state index contributed by atoms with van der Waals surface area (Å²) in [6.07, 6.45) is 3.32. The van der Waals surface area contributed by atoms with Crippen molar-refractivity contribution in [3.05, 3.63) is 35.5 Å². The zero-order chi connectivity index (χ0) is 13.6. The van der Waals surface area contributed by atoms with E-state index in [0.717, 1.165) is 18.1 Å². The van der Waals surface area contributed by atoms with Gasteiger partial charge in [0, 0.05) is 23.8 Å². The van der Waals surface area contributed by atoms with Crippen molar-refractivity contribution >= 4 is 5.95 Å². The zero-order valence-corrected chi connectivity index (χ0v) is 12.1. The van der Waals surface area contributed by atoms with Crippen LogP contribution in [0.1, 0.15) is 37.4 Å². The summed E-state index contributed by atoms with van der Waals surface area (Å²) in [5.41, 5.74) is 4.91. The van der Waals surface area contributed by atoms with Crippen molar-refractivity contribution in [1.29, 1.82) is 0 Å². The fourth-order valence-electron chi connectivity index (χ4n) is 2.78. The Hall–Kier alpha value is -1.77. The van der Waals surface area contributed by atoms with Crippen molar-refractivity contribution in [3.63, 3.8) is 0 Å². The molecule has 1 aliphatic heterocycles. The van der Waals surface area contributed by atoms with Gasteiger partial charge in [-0.25, -0.2) is 4.98 Å². The molecule has 0 bridgehead atoms. The van der Waals surface area contributed by atoms with Crippen molar-refractivity contribution in [2.24, 2.45) is 0 Å². The summed E-state index contributed by atoms with van der Waals surface area (Å²) < 4.78 is 2.25. The average Bonchev–Trinajstić information content (AvgIpc) is 2.76. The molecule has 0 saturated carbocycles. The molecule has 0 aliphatic carbocycles. The molecular formula is C16H21N3. The molecule has 2 aromatic rings. The van der Waals surface area contributed by atoms with E-state index < -0.39 is 0 Å². The number of nitrogens with one attached hydrogen (secondary N) is 1. The van der Waals surface area contributed by atoms with Crippen LogP contribution in [0.3, 0.4) is 0 Å². The first-order chi connectivity index (χ1) is 9.04. The lowest BCUT2D eigenvalue weighted by Crippen LogP contribution is -2.28. The highest BCUT2D eigenvalue weighted by Gasteiger charge is 2.22. The average molecular weight is 255 g/mol. The minimum absolute atomic E-state index is 0.498. The van der Waals surface area contributed by atoms with Crippen LogP contribution in [0.5, 0.6) is 0 Å². The Bertz CT molecular complexity index is 612. The number of benzene rings is 1. The largest absolute Gasteiger partial charge is 0.353 e. The van der Waals surface area contributed by atoms with Crippen LogP contribution in [-0.2, 0) is 0 Å². The molecule has 2 heterocycles. The molecule has 2 unspecified atom stereocenters. The van der Waals surface area contributed by atoms with Gasteiger partial charge in [-0.2, -0.15) is 0 Å². The third-order valence-corrected chi connectivity index (χ3v) is 4.08. The normalized spacial score (nSPS) is 21.9. The van der Waals surface area contributed by atoms with Gasteiger partial charge in [-0.1, -0.05) is 12.1 Å². The van der Waals surface area contributed by atoms with E-state index in [2.05, 4.69) is 62.0 Å². The number of imidazole rings is 1. The highest BCUT2D eigenvalue weighted by Crippen LogP contribution is 2.30. The van der Waals surface area contributed by atoms with Gasteiger partial charge in [0.25, 0.3) is 0 Å². The van der Waals surface area contributed by atoms with Crippen molar-refractivity contribution in [1.82, 2.24) is 9.55 Å². The Morgan fingerprint density at radius 3 is 2.74 bits per heavy atom. The minimum atomic E-state index is 0.498. The van der Waals surface area contributed by atoms with Crippen molar-refractivity contribution < 1.29 is 0 Å². The molecule has 0 amide bonds. The van der Waals surface area contributed by atoms with Crippen LogP contribution >= 0.6 is 0 Å². The molecule has 0 fully saturated rings. The molecule has 1 N–H and O–H groups in total. The molecule has 0 spiro atoms. The van der Waals surface area contributed by atoms with Gasteiger partial charge in [-0.15, -0.1) is 0 Å². The second kappa shape index (κ2) is 4.41. The number of rotatable bonds is 1. The third-order valence-electron chi connectivity index (χ3n) is 4.08. The van der Waals surface area contributed by atoms with Gasteiger partial charge in [-0.3, -0.25) is 0 Å². The van der Waals surface area contributed by atoms with E-state index in [0.29, 0.717) is 12.1 Å². The molecule has 2 atom stereocenters. The standard InChI is InChI=1S/C16H21N3/c1-10-5-6-14(7-11(10)2)15-9-19-13(4)8-12(3)17-16(19)18-15/h5-7,9,12-13H,8H2,1-4H3,(H,17,18). The summed E-state index contributed by atoms with van der Waals surface area (Å²) in [6.45, 7) is 8.76. The van der Waals surface area contributed by atoms with Gasteiger partial charge in [-0.05, 0) is 51.3 Å². The summed E-state index contributed by atoms with van der Waals surface area (Å²) >= 11 is 0. The molecule has 0 saturated heterocycles. The third kappa shape index (κ3) is 2.14. The van der Waals surface area contributed by atoms with Gasteiger partial charge in [0.05, 0.1) is 5.69 Å². The number of aromatic nitrogens is 2. The molecule has 1 aliphatic rings. The summed E-state index contributed by atoms with van der Waals surface area (Å²) in [4.78, 5) is 4.74. The van der Waals surface area contributed by atoms with Crippen LogP contribution in [0.15, 0.2) is 24.4 Å². The minimum Gasteiger partial charge on any atom is -0.353 e. The molecular weight excluding hydrogens is 234 g/mol. The summed E-state index contributed by atoms with van der Waals surface area (Å²) in [6, 6.07) is 7.56. The Kier molecular flexibility index (Phi) is 2.85. The van der Waals surface area contributed by atoms with E-state index in [1.54, 1.807) is 0 Å². The molecule has 3 rings (SSSR count). The Labute approximate surface area is 114 Å². The molecule has 100 valence electrons. The predicted octanol–water partition coefficient (Wildman–Crippen LogP) is 3.93. The lowest BCUT2D eigenvalue weighted by atomic mass is 10.0. The van der Waals surface area contributed by atoms with Gasteiger partial charge in [0.1, 0.15) is 0 Å². The second-order valence-corrected chi connectivity index (χ2v) is 5.79.